The molecule has 47 nitrogen and oxygen atoms in total. The molecule has 54 heteroatoms. The summed E-state index contributed by atoms with van der Waals surface area (Å²) in [7, 11) is -4.14. The summed E-state index contributed by atoms with van der Waals surface area (Å²) in [5.74, 6) is -2.94. The van der Waals surface area contributed by atoms with Crippen LogP contribution in [0.5, 0.6) is 0 Å². The highest BCUT2D eigenvalue weighted by atomic mass is 16.6. The Morgan fingerprint density at radius 3 is 0.934 bits per heavy atom. The number of aliphatic hydroxyl groups is 1. The van der Waals surface area contributed by atoms with Crippen LogP contribution in [0.25, 0.3) is 0 Å². The quantitative estimate of drug-likeness (QED) is 0.00841. The van der Waals surface area contributed by atoms with Gasteiger partial charge in [0.2, 0.25) is 0 Å². The van der Waals surface area contributed by atoms with Crippen LogP contribution in [-0.2, 0) is 51.3 Å². The smallest absolute Gasteiger partial charge is 0.376 e. The molecule has 748 valence electrons. The summed E-state index contributed by atoms with van der Waals surface area (Å²) in [6.45, 7) is 31.2. The Kier molecular flexibility index (Phi) is 57.9. The van der Waals surface area contributed by atoms with Crippen molar-refractivity contribution in [1.82, 2.24) is 80.7 Å². The second kappa shape index (κ2) is 66.2. The molecule has 4 aliphatic rings. The number of nitro benzene ring substituents is 5. The molecule has 4 aliphatic heterocycles. The summed E-state index contributed by atoms with van der Waals surface area (Å²) in [6.07, 6.45) is 3.36. The van der Waals surface area contributed by atoms with Crippen LogP contribution in [0.4, 0.5) is 28.4 Å². The molecular weight excluding hydrogens is 1770 g/mol. The van der Waals surface area contributed by atoms with E-state index in [1.54, 1.807) is 111 Å². The number of carboxylic acid groups (broad SMARTS) is 3. The Bertz CT molecular complexity index is 4200. The molecule has 0 spiro atoms. The maximum Gasteiger partial charge on any atom is 0.376 e. The van der Waals surface area contributed by atoms with Crippen LogP contribution >= 0.6 is 0 Å². The van der Waals surface area contributed by atoms with E-state index in [4.69, 9.17) is 26.0 Å². The van der Waals surface area contributed by atoms with Crippen molar-refractivity contribution >= 4 is 102 Å². The molecule has 4 saturated heterocycles. The van der Waals surface area contributed by atoms with Gasteiger partial charge in [-0.05, 0) is 108 Å². The van der Waals surface area contributed by atoms with E-state index in [0.29, 0.717) is 111 Å². The standard InChI is InChI=1S/C21H31N5O8.C18H34B3N5O5.C15H25N5O2.C10H15BN2O4.C10H13BN2O4.C8H21B2N3O2/c27-19(28)12-22-17(11-16-1-3-18(4-2-16)26(33)34)13-23-5-7-24(14-20(29)30)9-10-25(8-6-23)15-21(31)32;1-19(27)22-17(14-16-4-6-18(7-5-16)26(30)31)15-23-8-10-24(20(2)28)12-13-25(11-9-23)21(3)29;16-14(11-13-1-3-15(4-2-13)20(21)22)12-19-9-7-17-5-6-18-8-10-19;2*1-11(15)12-9(7-14)6-8-2-4-10(5-3-8)13(16)17;1-9(14)12-5-3-11-4-6-13(8-7-12)10(2)15/h1-4,17,22H,5-15H2,(H,27,28)(H,29,30)(H,31,32);4-7,17,22,27-29H,8-15H2,1-3H3;1-4,14,17-18H,5-12,16H2;2-5,9,12,14-15H,6-7H2,1H3;2-5,7,9,12,15H,6H2,1H3;11,14-15H,3-8H2,1-2H3. The molecule has 0 radical (unpaired) electrons. The lowest BCUT2D eigenvalue weighted by Crippen LogP contribution is -2.50. The fourth-order valence-corrected chi connectivity index (χ4v) is 15.2. The van der Waals surface area contributed by atoms with Gasteiger partial charge in [-0.25, -0.2) is 0 Å². The van der Waals surface area contributed by atoms with Gasteiger partial charge in [0.25, 0.3) is 28.4 Å². The number of rotatable bonds is 40. The van der Waals surface area contributed by atoms with E-state index in [1.807, 2.05) is 19.2 Å². The second-order valence-corrected chi connectivity index (χ2v) is 33.9. The van der Waals surface area contributed by atoms with Crippen molar-refractivity contribution in [2.45, 2.75) is 110 Å². The molecule has 5 aromatic rings. The number of carbonyl (C=O) groups excluding carboxylic acids is 1. The minimum Gasteiger partial charge on any atom is -0.480 e. The summed E-state index contributed by atoms with van der Waals surface area (Å²) in [5, 5.41) is 179. The SMILES string of the molecule is CB(O)N1CCNCCN(B(C)O)CC1.CB(O)NC(C=O)Cc1ccc([N+](=O)[O-])cc1.CB(O)NC(CO)Cc1ccc([N+](=O)[O-])cc1.CB(O)NC(Cc1ccc([N+](=O)[O-])cc1)CN1CCN(B(C)O)CCN(B(C)O)CC1.NC(Cc1ccc([N+](=O)[O-])cc1)CN1CCNCCNCC1.O=C(O)CNC(Cc1ccc([N+](=O)[O-])cc1)CN1CCN(CC(=O)O)CCN(CC(=O)O)CC1. The molecule has 0 aliphatic carbocycles. The molecule has 4 heterocycles. The Hall–Kier alpha value is -9.37. The van der Waals surface area contributed by atoms with E-state index < -0.39 is 93.0 Å². The maximum atomic E-state index is 11.2. The number of aliphatic hydroxyl groups excluding tert-OH is 1. The van der Waals surface area contributed by atoms with Crippen LogP contribution in [0, 0.1) is 50.6 Å². The monoisotopic (exact) mass is 1910 g/mol. The van der Waals surface area contributed by atoms with E-state index in [1.165, 1.54) is 67.5 Å². The number of carboxylic acids is 3. The van der Waals surface area contributed by atoms with Crippen LogP contribution in [0.15, 0.2) is 121 Å². The number of hydrogen-bond acceptors (Lipinski definition) is 39. The average molecular weight is 1910 g/mol. The molecule has 0 amide bonds. The zero-order chi connectivity index (χ0) is 101. The molecule has 0 aromatic heterocycles. The number of nitrogens with two attached hydrogens (primary N) is 1. The molecule has 4 fully saturated rings. The molecule has 136 heavy (non-hydrogen) atoms. The number of nitrogens with one attached hydrogen (secondary N) is 7. The molecule has 0 saturated carbocycles. The Morgan fingerprint density at radius 2 is 0.625 bits per heavy atom. The molecule has 20 N–H and O–H groups in total. The highest BCUT2D eigenvalue weighted by Crippen LogP contribution is 2.20. The van der Waals surface area contributed by atoms with Crippen molar-refractivity contribution < 1.29 is 99.4 Å². The first-order valence-electron chi connectivity index (χ1n) is 45.7. The third kappa shape index (κ3) is 51.9. The normalized spacial score (nSPS) is 16.9. The van der Waals surface area contributed by atoms with Gasteiger partial charge in [0.05, 0.1) is 56.9 Å². The van der Waals surface area contributed by atoms with E-state index in [0.717, 1.165) is 132 Å². The second-order valence-electron chi connectivity index (χ2n) is 33.9. The first-order valence-corrected chi connectivity index (χ1v) is 45.7. The van der Waals surface area contributed by atoms with Gasteiger partial charge < -0.3 is 122 Å². The Morgan fingerprint density at radius 1 is 0.360 bits per heavy atom. The molecular formula is C82H139B7N22O25. The number of hydrogen-bond donors (Lipinski definition) is 19. The number of aliphatic carboxylic acids is 3. The van der Waals surface area contributed by atoms with Crippen molar-refractivity contribution in [2.75, 3.05) is 203 Å². The van der Waals surface area contributed by atoms with Gasteiger partial charge in [0.1, 0.15) is 6.29 Å². The summed E-state index contributed by atoms with van der Waals surface area (Å²) in [5.41, 5.74) is 10.9. The Labute approximate surface area is 796 Å². The first kappa shape index (κ1) is 119. The van der Waals surface area contributed by atoms with E-state index in [-0.39, 0.29) is 83.8 Å². The zero-order valence-corrected chi connectivity index (χ0v) is 79.0. The molecule has 0 bridgehead atoms. The number of non-ortho nitro benzene ring substituents is 5. The topological polar surface area (TPSA) is 646 Å². The Balaban J connectivity index is 0.000000350. The average Bonchev–Trinajstić information content (AvgIpc) is 1.49. The lowest BCUT2D eigenvalue weighted by atomic mass is 9.83. The lowest BCUT2D eigenvalue weighted by molar-refractivity contribution is -0.385. The number of carbonyl (C=O) groups is 4. The van der Waals surface area contributed by atoms with Crippen molar-refractivity contribution in [2.24, 2.45) is 5.73 Å². The summed E-state index contributed by atoms with van der Waals surface area (Å²) < 4.78 is 0. The van der Waals surface area contributed by atoms with Crippen LogP contribution < -0.4 is 42.7 Å². The fourth-order valence-electron chi connectivity index (χ4n) is 15.2. The van der Waals surface area contributed by atoms with E-state index in [2.05, 4.69) is 51.7 Å². The zero-order valence-electron chi connectivity index (χ0n) is 79.0. The number of benzene rings is 5. The van der Waals surface area contributed by atoms with Gasteiger partial charge in [-0.1, -0.05) is 60.7 Å². The number of aldehydes is 1. The van der Waals surface area contributed by atoms with Crippen molar-refractivity contribution in [3.05, 3.63) is 200 Å². The van der Waals surface area contributed by atoms with Gasteiger partial charge in [-0.3, -0.25) is 89.5 Å². The number of nitro groups is 5. The predicted octanol–water partition coefficient (Wildman–Crippen LogP) is -2.41. The highest BCUT2D eigenvalue weighted by Gasteiger charge is 2.30. The van der Waals surface area contributed by atoms with E-state index >= 15 is 0 Å². The molecule has 5 unspecified atom stereocenters. The summed E-state index contributed by atoms with van der Waals surface area (Å²) in [4.78, 5) is 114. The third-order valence-electron chi connectivity index (χ3n) is 22.5. The summed E-state index contributed by atoms with van der Waals surface area (Å²) >= 11 is 0. The largest absolute Gasteiger partial charge is 0.480 e. The maximum absolute atomic E-state index is 11.2. The van der Waals surface area contributed by atoms with Gasteiger partial charge in [-0.15, -0.1) is 0 Å². The lowest BCUT2D eigenvalue weighted by Gasteiger charge is -2.31. The van der Waals surface area contributed by atoms with Gasteiger partial charge in [0, 0.05) is 262 Å². The van der Waals surface area contributed by atoms with Crippen molar-refractivity contribution in [3.8, 4) is 0 Å². The number of nitrogens with zero attached hydrogens (tertiary/aromatic N) is 14. The van der Waals surface area contributed by atoms with Gasteiger partial charge >= 0.3 is 67.3 Å². The van der Waals surface area contributed by atoms with Crippen LogP contribution in [0.3, 0.4) is 0 Å². The predicted molar refractivity (Wildman–Crippen MR) is 525 cm³/mol. The highest BCUT2D eigenvalue weighted by molar-refractivity contribution is 6.47. The van der Waals surface area contributed by atoms with Crippen molar-refractivity contribution in [3.63, 3.8) is 0 Å². The van der Waals surface area contributed by atoms with Gasteiger partial charge in [-0.2, -0.15) is 0 Å². The minimum atomic E-state index is -1.02. The molecule has 5 atom stereocenters. The van der Waals surface area contributed by atoms with E-state index in [9.17, 15) is 105 Å². The third-order valence-corrected chi connectivity index (χ3v) is 22.5. The first-order chi connectivity index (χ1) is 64.6. The minimum absolute atomic E-state index is 0.0138. The van der Waals surface area contributed by atoms with Crippen LogP contribution in [0.2, 0.25) is 47.8 Å². The van der Waals surface area contributed by atoms with Gasteiger partial charge in [0.15, 0.2) is 0 Å². The van der Waals surface area contributed by atoms with Crippen molar-refractivity contribution in [1.29, 1.82) is 0 Å². The van der Waals surface area contributed by atoms with Crippen LogP contribution in [-0.4, -0.2) is 431 Å². The molecule has 9 rings (SSSR count). The summed E-state index contributed by atoms with van der Waals surface area (Å²) in [6, 6.07) is 30.2. The molecule has 5 aromatic carbocycles. The van der Waals surface area contributed by atoms with Crippen LogP contribution in [0.1, 0.15) is 27.8 Å². The fraction of sp³-hybridized carbons (Fsp3) is 0.585.